The van der Waals surface area contributed by atoms with Crippen LogP contribution in [0, 0.1) is 24.0 Å². The fourth-order valence-electron chi connectivity index (χ4n) is 3.25. The lowest BCUT2D eigenvalue weighted by atomic mass is 10.2. The topological polar surface area (TPSA) is 129 Å². The number of benzene rings is 2. The maximum atomic E-state index is 12.4. The molecule has 0 unspecified atom stereocenters. The van der Waals surface area contributed by atoms with Gasteiger partial charge in [0.2, 0.25) is 5.88 Å². The largest absolute Gasteiger partial charge is 0.438 e. The van der Waals surface area contributed by atoms with Crippen molar-refractivity contribution >= 4 is 17.9 Å². The zero-order valence-electron chi connectivity index (χ0n) is 18.5. The summed E-state index contributed by atoms with van der Waals surface area (Å²) in [4.78, 5) is 26.8. The number of nitro groups is 1. The van der Waals surface area contributed by atoms with Crippen molar-refractivity contribution in [3.05, 3.63) is 94.1 Å². The SMILES string of the molecule is Cc1nn(-c2ccccc2)c(Oc2ccccc2)c1/C=N/NC(=O)Cn1c([N+](=O)[O-])cnc1C. The molecule has 0 saturated carbocycles. The molecule has 2 aromatic carbocycles. The molecule has 1 N–H and O–H groups in total. The normalized spacial score (nSPS) is 11.0. The Kier molecular flexibility index (Phi) is 6.44. The maximum Gasteiger partial charge on any atom is 0.343 e. The van der Waals surface area contributed by atoms with Crippen LogP contribution in [0.3, 0.4) is 0 Å². The molecular formula is C23H21N7O4. The van der Waals surface area contributed by atoms with Gasteiger partial charge in [-0.05, 0) is 36.1 Å². The molecule has 0 radical (unpaired) electrons. The van der Waals surface area contributed by atoms with E-state index >= 15 is 0 Å². The molecule has 0 aliphatic rings. The van der Waals surface area contributed by atoms with Crippen molar-refractivity contribution in [3.8, 4) is 17.3 Å². The van der Waals surface area contributed by atoms with Gasteiger partial charge in [-0.25, -0.2) is 15.0 Å². The first kappa shape index (κ1) is 22.4. The van der Waals surface area contributed by atoms with Crippen molar-refractivity contribution in [1.29, 1.82) is 0 Å². The number of aromatic nitrogens is 4. The molecule has 1 amide bonds. The predicted molar refractivity (Wildman–Crippen MR) is 124 cm³/mol. The van der Waals surface area contributed by atoms with Crippen LogP contribution in [0.2, 0.25) is 0 Å². The number of aryl methyl sites for hydroxylation is 2. The van der Waals surface area contributed by atoms with Gasteiger partial charge in [-0.15, -0.1) is 0 Å². The third-order valence-electron chi connectivity index (χ3n) is 4.93. The number of amides is 1. The van der Waals surface area contributed by atoms with E-state index in [0.29, 0.717) is 28.7 Å². The summed E-state index contributed by atoms with van der Waals surface area (Å²) in [6.45, 7) is 3.09. The quantitative estimate of drug-likeness (QED) is 0.244. The van der Waals surface area contributed by atoms with Crippen molar-refractivity contribution in [2.75, 3.05) is 0 Å². The second-order valence-electron chi connectivity index (χ2n) is 7.27. The Labute approximate surface area is 194 Å². The second kappa shape index (κ2) is 9.77. The number of nitrogens with one attached hydrogen (secondary N) is 1. The average Bonchev–Trinajstić information content (AvgIpc) is 3.35. The summed E-state index contributed by atoms with van der Waals surface area (Å²) in [6.07, 6.45) is 2.55. The van der Waals surface area contributed by atoms with E-state index < -0.39 is 10.8 Å². The van der Waals surface area contributed by atoms with E-state index in [-0.39, 0.29) is 12.4 Å². The molecular weight excluding hydrogens is 438 g/mol. The number of ether oxygens (including phenoxy) is 1. The van der Waals surface area contributed by atoms with Crippen molar-refractivity contribution in [2.24, 2.45) is 5.10 Å². The van der Waals surface area contributed by atoms with Gasteiger partial charge in [0.05, 0.1) is 23.2 Å². The molecule has 0 bridgehead atoms. The summed E-state index contributed by atoms with van der Waals surface area (Å²) in [7, 11) is 0. The molecule has 2 heterocycles. The van der Waals surface area contributed by atoms with E-state index in [1.807, 2.05) is 60.7 Å². The summed E-state index contributed by atoms with van der Waals surface area (Å²) in [5.74, 6) is 0.578. The molecule has 4 rings (SSSR count). The van der Waals surface area contributed by atoms with Crippen LogP contribution < -0.4 is 10.2 Å². The third-order valence-corrected chi connectivity index (χ3v) is 4.93. The summed E-state index contributed by atoms with van der Waals surface area (Å²) < 4.78 is 8.98. The fourth-order valence-corrected chi connectivity index (χ4v) is 3.25. The van der Waals surface area contributed by atoms with Crippen LogP contribution >= 0.6 is 0 Å². The summed E-state index contributed by atoms with van der Waals surface area (Å²) in [5.41, 5.74) is 4.39. The Hall–Kier alpha value is -4.80. The molecule has 11 nitrogen and oxygen atoms in total. The Morgan fingerprint density at radius 3 is 2.50 bits per heavy atom. The lowest BCUT2D eigenvalue weighted by Crippen LogP contribution is -2.24. The highest BCUT2D eigenvalue weighted by atomic mass is 16.6. The van der Waals surface area contributed by atoms with Gasteiger partial charge in [0.15, 0.2) is 12.4 Å². The van der Waals surface area contributed by atoms with Crippen LogP contribution in [0.4, 0.5) is 5.82 Å². The fraction of sp³-hybridized carbons (Fsp3) is 0.130. The number of hydrogen-bond donors (Lipinski definition) is 1. The van der Waals surface area contributed by atoms with E-state index in [9.17, 15) is 14.9 Å². The summed E-state index contributed by atoms with van der Waals surface area (Å²) in [5, 5.41) is 19.7. The molecule has 0 spiro atoms. The number of imidazole rings is 1. The zero-order valence-corrected chi connectivity index (χ0v) is 18.5. The van der Waals surface area contributed by atoms with Gasteiger partial charge in [-0.1, -0.05) is 36.4 Å². The summed E-state index contributed by atoms with van der Waals surface area (Å²) in [6, 6.07) is 18.7. The number of hydrazone groups is 1. The van der Waals surface area contributed by atoms with Crippen LogP contribution in [-0.4, -0.2) is 36.4 Å². The van der Waals surface area contributed by atoms with Gasteiger partial charge in [0, 0.05) is 6.92 Å². The molecule has 0 fully saturated rings. The Bertz CT molecular complexity index is 1340. The Balaban J connectivity index is 1.59. The monoisotopic (exact) mass is 459 g/mol. The second-order valence-corrected chi connectivity index (χ2v) is 7.27. The number of carbonyl (C=O) groups excluding carboxylic acids is 1. The van der Waals surface area contributed by atoms with Crippen LogP contribution in [0.5, 0.6) is 11.6 Å². The van der Waals surface area contributed by atoms with Crippen LogP contribution in [0.25, 0.3) is 5.69 Å². The van der Waals surface area contributed by atoms with Crippen molar-refractivity contribution in [3.63, 3.8) is 0 Å². The Morgan fingerprint density at radius 2 is 1.82 bits per heavy atom. The van der Waals surface area contributed by atoms with E-state index in [1.165, 1.54) is 10.8 Å². The van der Waals surface area contributed by atoms with Gasteiger partial charge >= 0.3 is 5.82 Å². The average molecular weight is 459 g/mol. The predicted octanol–water partition coefficient (Wildman–Crippen LogP) is 3.54. The minimum absolute atomic E-state index is 0.268. The molecule has 0 atom stereocenters. The minimum Gasteiger partial charge on any atom is -0.438 e. The molecule has 0 aliphatic carbocycles. The van der Waals surface area contributed by atoms with Crippen molar-refractivity contribution in [1.82, 2.24) is 24.8 Å². The van der Waals surface area contributed by atoms with Gasteiger partial charge in [-0.2, -0.15) is 14.9 Å². The van der Waals surface area contributed by atoms with E-state index in [0.717, 1.165) is 11.9 Å². The lowest BCUT2D eigenvalue weighted by molar-refractivity contribution is -0.392. The van der Waals surface area contributed by atoms with Crippen molar-refractivity contribution in [2.45, 2.75) is 20.4 Å². The van der Waals surface area contributed by atoms with Gasteiger partial charge in [-0.3, -0.25) is 4.79 Å². The molecule has 4 aromatic rings. The van der Waals surface area contributed by atoms with E-state index in [4.69, 9.17) is 4.74 Å². The number of para-hydroxylation sites is 2. The molecule has 172 valence electrons. The first-order chi connectivity index (χ1) is 16.4. The van der Waals surface area contributed by atoms with E-state index in [1.54, 1.807) is 18.5 Å². The standard InChI is InChI=1S/C23H21N7O4/c1-16-20(13-25-26-21(31)15-28-17(2)24-14-22(28)30(32)33)23(34-19-11-7-4-8-12-19)29(27-16)18-9-5-3-6-10-18/h3-14H,15H2,1-2H3,(H,26,31)/b25-13+. The van der Waals surface area contributed by atoms with Crippen LogP contribution in [0.15, 0.2) is 72.0 Å². The highest BCUT2D eigenvalue weighted by Gasteiger charge is 2.21. The van der Waals surface area contributed by atoms with Gasteiger partial charge in [0.25, 0.3) is 5.91 Å². The Morgan fingerprint density at radius 1 is 1.15 bits per heavy atom. The van der Waals surface area contributed by atoms with Crippen LogP contribution in [0.1, 0.15) is 17.1 Å². The summed E-state index contributed by atoms with van der Waals surface area (Å²) >= 11 is 0. The molecule has 11 heteroatoms. The highest BCUT2D eigenvalue weighted by Crippen LogP contribution is 2.29. The smallest absolute Gasteiger partial charge is 0.343 e. The lowest BCUT2D eigenvalue weighted by Gasteiger charge is -2.10. The molecule has 2 aromatic heterocycles. The van der Waals surface area contributed by atoms with Crippen LogP contribution in [-0.2, 0) is 11.3 Å². The highest BCUT2D eigenvalue weighted by molar-refractivity contribution is 5.86. The minimum atomic E-state index is -0.592. The first-order valence-corrected chi connectivity index (χ1v) is 10.3. The van der Waals surface area contributed by atoms with E-state index in [2.05, 4.69) is 20.6 Å². The molecule has 0 saturated heterocycles. The first-order valence-electron chi connectivity index (χ1n) is 10.3. The number of carbonyl (C=O) groups is 1. The van der Waals surface area contributed by atoms with Gasteiger partial charge < -0.3 is 14.9 Å². The van der Waals surface area contributed by atoms with Crippen molar-refractivity contribution < 1.29 is 14.5 Å². The maximum absolute atomic E-state index is 12.4. The number of hydrogen-bond acceptors (Lipinski definition) is 7. The number of rotatable bonds is 8. The zero-order chi connectivity index (χ0) is 24.1. The number of nitrogens with zero attached hydrogens (tertiary/aromatic N) is 6. The molecule has 34 heavy (non-hydrogen) atoms. The third kappa shape index (κ3) is 4.83. The molecule has 0 aliphatic heterocycles. The van der Waals surface area contributed by atoms with Gasteiger partial charge in [0.1, 0.15) is 11.9 Å².